The molecule has 1 heterocycles. The molecule has 2 nitrogen and oxygen atoms in total. The molecule has 1 fully saturated rings. The number of hydrogen-bond acceptors (Lipinski definition) is 2. The van der Waals surface area contributed by atoms with Gasteiger partial charge in [-0.1, -0.05) is 13.8 Å². The fourth-order valence-electron chi connectivity index (χ4n) is 1.42. The van der Waals surface area contributed by atoms with Crippen LogP contribution in [0.1, 0.15) is 26.7 Å². The van der Waals surface area contributed by atoms with Gasteiger partial charge in [0.15, 0.2) is 5.79 Å². The molecule has 13 heavy (non-hydrogen) atoms. The lowest BCUT2D eigenvalue weighted by molar-refractivity contribution is -0.167. The zero-order valence-electron chi connectivity index (χ0n) is 7.85. The zero-order valence-corrected chi connectivity index (χ0v) is 11.0. The molecule has 0 aromatic rings. The van der Waals surface area contributed by atoms with Gasteiger partial charge >= 0.3 is 0 Å². The van der Waals surface area contributed by atoms with Crippen LogP contribution in [0.4, 0.5) is 0 Å². The Labute approximate surface area is 95.9 Å². The minimum Gasteiger partial charge on any atom is -0.347 e. The van der Waals surface area contributed by atoms with Crippen molar-refractivity contribution in [1.29, 1.82) is 0 Å². The molecule has 0 N–H and O–H groups in total. The normalized spacial score (nSPS) is 26.0. The van der Waals surface area contributed by atoms with E-state index in [0.29, 0.717) is 6.61 Å². The second kappa shape index (κ2) is 4.91. The van der Waals surface area contributed by atoms with Crippen molar-refractivity contribution in [3.8, 4) is 0 Å². The van der Waals surface area contributed by atoms with Gasteiger partial charge in [-0.3, -0.25) is 0 Å². The summed E-state index contributed by atoms with van der Waals surface area (Å²) in [5.74, 6) is -0.351. The third kappa shape index (κ3) is 3.05. The Hall–Kier alpha value is 0.620. The molecule has 0 amide bonds. The van der Waals surface area contributed by atoms with Crippen LogP contribution in [0, 0.1) is 0 Å². The van der Waals surface area contributed by atoms with E-state index in [4.69, 9.17) is 9.47 Å². The summed E-state index contributed by atoms with van der Waals surface area (Å²) in [5, 5.41) is 0. The average Bonchev–Trinajstić information content (AvgIpc) is 2.48. The van der Waals surface area contributed by atoms with Gasteiger partial charge in [-0.2, -0.15) is 0 Å². The van der Waals surface area contributed by atoms with Crippen molar-refractivity contribution in [2.45, 2.75) is 38.6 Å². The maximum atomic E-state index is 5.80. The van der Waals surface area contributed by atoms with E-state index in [-0.39, 0.29) is 11.9 Å². The maximum Gasteiger partial charge on any atom is 0.168 e. The van der Waals surface area contributed by atoms with Crippen LogP contribution < -0.4 is 0 Å². The Morgan fingerprint density at radius 2 is 2.08 bits per heavy atom. The van der Waals surface area contributed by atoms with Crippen molar-refractivity contribution in [3.63, 3.8) is 0 Å². The summed E-state index contributed by atoms with van der Waals surface area (Å²) in [6.07, 6.45) is 3.82. The molecule has 1 aliphatic rings. The summed E-state index contributed by atoms with van der Waals surface area (Å²) in [4.78, 5) is 0. The highest BCUT2D eigenvalue weighted by atomic mass is 79.9. The Kier molecular flexibility index (Phi) is 4.42. The van der Waals surface area contributed by atoms with Gasteiger partial charge in [0, 0.05) is 0 Å². The Balaban J connectivity index is 2.57. The predicted molar refractivity (Wildman–Crippen MR) is 60.1 cm³/mol. The second-order valence-corrected chi connectivity index (χ2v) is 5.81. The van der Waals surface area contributed by atoms with Crippen molar-refractivity contribution in [2.75, 3.05) is 6.61 Å². The van der Waals surface area contributed by atoms with Crippen molar-refractivity contribution < 1.29 is 9.47 Å². The van der Waals surface area contributed by atoms with E-state index in [1.165, 1.54) is 0 Å². The van der Waals surface area contributed by atoms with E-state index >= 15 is 0 Å². The topological polar surface area (TPSA) is 18.5 Å². The first-order valence-corrected chi connectivity index (χ1v) is 6.05. The SMILES string of the molecule is CCC1(CC)OC[C@H](C=C(Br)Br)O1. The van der Waals surface area contributed by atoms with Crippen LogP contribution in [0.2, 0.25) is 0 Å². The van der Waals surface area contributed by atoms with E-state index in [1.54, 1.807) is 0 Å². The lowest BCUT2D eigenvalue weighted by Gasteiger charge is -2.24. The van der Waals surface area contributed by atoms with Crippen molar-refractivity contribution >= 4 is 31.9 Å². The third-order valence-corrected chi connectivity index (χ3v) is 2.79. The van der Waals surface area contributed by atoms with Crippen LogP contribution in [0.3, 0.4) is 0 Å². The van der Waals surface area contributed by atoms with Crippen LogP contribution in [0.15, 0.2) is 9.47 Å². The molecule has 0 unspecified atom stereocenters. The lowest BCUT2D eigenvalue weighted by atomic mass is 10.1. The van der Waals surface area contributed by atoms with Crippen LogP contribution in [-0.2, 0) is 9.47 Å². The quantitative estimate of drug-likeness (QED) is 0.793. The Morgan fingerprint density at radius 3 is 2.46 bits per heavy atom. The van der Waals surface area contributed by atoms with Gasteiger partial charge in [0.2, 0.25) is 0 Å². The van der Waals surface area contributed by atoms with Gasteiger partial charge in [-0.25, -0.2) is 0 Å². The van der Waals surface area contributed by atoms with Gasteiger partial charge in [0.05, 0.1) is 10.00 Å². The number of halogens is 2. The first-order valence-electron chi connectivity index (χ1n) is 4.46. The minimum absolute atomic E-state index is 0.0636. The molecule has 0 spiro atoms. The van der Waals surface area contributed by atoms with Crippen molar-refractivity contribution in [2.24, 2.45) is 0 Å². The van der Waals surface area contributed by atoms with E-state index in [1.807, 2.05) is 6.08 Å². The highest BCUT2D eigenvalue weighted by molar-refractivity contribution is 9.28. The lowest BCUT2D eigenvalue weighted by Crippen LogP contribution is -2.28. The van der Waals surface area contributed by atoms with E-state index in [9.17, 15) is 0 Å². The second-order valence-electron chi connectivity index (χ2n) is 3.04. The van der Waals surface area contributed by atoms with Gasteiger partial charge in [0.25, 0.3) is 0 Å². The van der Waals surface area contributed by atoms with E-state index < -0.39 is 0 Å². The van der Waals surface area contributed by atoms with Crippen LogP contribution in [0.5, 0.6) is 0 Å². The van der Waals surface area contributed by atoms with Crippen LogP contribution >= 0.6 is 31.9 Å². The minimum atomic E-state index is -0.351. The summed E-state index contributed by atoms with van der Waals surface area (Å²) < 4.78 is 12.4. The molecule has 0 saturated carbocycles. The fourth-order valence-corrected chi connectivity index (χ4v) is 2.01. The standard InChI is InChI=1S/C9H14Br2O2/c1-3-9(4-2)12-6-7(13-9)5-8(10)11/h5,7H,3-4,6H2,1-2H3/t7-/m0/s1. The molecule has 1 atom stereocenters. The summed E-state index contributed by atoms with van der Waals surface area (Å²) in [7, 11) is 0. The number of hydrogen-bond donors (Lipinski definition) is 0. The molecule has 1 saturated heterocycles. The summed E-state index contributed by atoms with van der Waals surface area (Å²) in [5.41, 5.74) is 0. The van der Waals surface area contributed by atoms with Gasteiger partial charge in [0.1, 0.15) is 6.10 Å². The molecule has 0 bridgehead atoms. The molecule has 0 aliphatic carbocycles. The van der Waals surface area contributed by atoms with Gasteiger partial charge in [-0.15, -0.1) is 0 Å². The molecule has 1 rings (SSSR count). The van der Waals surface area contributed by atoms with Crippen molar-refractivity contribution in [1.82, 2.24) is 0 Å². The molecule has 4 heteroatoms. The largest absolute Gasteiger partial charge is 0.347 e. The number of rotatable bonds is 3. The van der Waals surface area contributed by atoms with Gasteiger partial charge < -0.3 is 9.47 Å². The summed E-state index contributed by atoms with van der Waals surface area (Å²) >= 11 is 6.62. The Bertz CT molecular complexity index is 196. The molecule has 0 aromatic carbocycles. The molecule has 76 valence electrons. The molecule has 0 aromatic heterocycles. The summed E-state index contributed by atoms with van der Waals surface area (Å²) in [6, 6.07) is 0. The third-order valence-electron chi connectivity index (χ3n) is 2.27. The predicted octanol–water partition coefficient (Wildman–Crippen LogP) is 3.55. The monoisotopic (exact) mass is 312 g/mol. The average molecular weight is 314 g/mol. The smallest absolute Gasteiger partial charge is 0.168 e. The van der Waals surface area contributed by atoms with Crippen LogP contribution in [0.25, 0.3) is 0 Å². The Morgan fingerprint density at radius 1 is 1.46 bits per heavy atom. The number of ether oxygens (including phenoxy) is 2. The molecular formula is C9H14Br2O2. The van der Waals surface area contributed by atoms with Crippen molar-refractivity contribution in [3.05, 3.63) is 9.47 Å². The zero-order chi connectivity index (χ0) is 9.90. The van der Waals surface area contributed by atoms with E-state index in [2.05, 4.69) is 45.7 Å². The van der Waals surface area contributed by atoms with Gasteiger partial charge in [-0.05, 0) is 50.8 Å². The highest BCUT2D eigenvalue weighted by Gasteiger charge is 2.37. The molecular weight excluding hydrogens is 300 g/mol. The molecule has 1 aliphatic heterocycles. The summed E-state index contributed by atoms with van der Waals surface area (Å²) in [6.45, 7) is 4.81. The molecule has 0 radical (unpaired) electrons. The first-order chi connectivity index (χ1) is 6.12. The maximum absolute atomic E-state index is 5.80. The van der Waals surface area contributed by atoms with Crippen LogP contribution in [-0.4, -0.2) is 18.5 Å². The highest BCUT2D eigenvalue weighted by Crippen LogP contribution is 2.31. The van der Waals surface area contributed by atoms with E-state index in [0.717, 1.165) is 16.2 Å². The first kappa shape index (κ1) is 11.7. The fraction of sp³-hybridized carbons (Fsp3) is 0.778.